The second-order valence-corrected chi connectivity index (χ2v) is 32.9. The predicted octanol–water partition coefficient (Wildman–Crippen LogP) is 30.5. The molecule has 22 aromatic rings. The number of hydrogen-bond donors (Lipinski definition) is 5. The molecule has 0 spiro atoms. The fraction of sp³-hybridized carbons (Fsp3) is 0.0750. The number of hydrogen-bond acceptors (Lipinski definition) is 8. The fourth-order valence-corrected chi connectivity index (χ4v) is 18.1. The van der Waals surface area contributed by atoms with Crippen LogP contribution in [-0.4, -0.2) is 43.8 Å². The normalized spacial score (nSPS) is 11.9. The van der Waals surface area contributed by atoms with Gasteiger partial charge in [-0.2, -0.15) is 10.2 Å². The zero-order chi connectivity index (χ0) is 89.3. The lowest BCUT2D eigenvalue weighted by Crippen LogP contribution is -2.28. The van der Waals surface area contributed by atoms with Gasteiger partial charge in [-0.25, -0.2) is 5.43 Å². The number of carbonyl (C=O) groups excluding carboxylic acids is 1. The quantitative estimate of drug-likeness (QED) is 0.0288. The van der Waals surface area contributed by atoms with Crippen molar-refractivity contribution in [1.29, 1.82) is 0 Å². The van der Waals surface area contributed by atoms with Gasteiger partial charge in [0.05, 0.1) is 34.4 Å². The molecule has 11 heteroatoms. The lowest BCUT2D eigenvalue weighted by molar-refractivity contribution is -0.118. The number of aromatic nitrogens is 1. The Kier molecular flexibility index (Phi) is 29.2. The minimum atomic E-state index is 0. The van der Waals surface area contributed by atoms with Crippen molar-refractivity contribution in [2.75, 3.05) is 24.1 Å². The van der Waals surface area contributed by atoms with Crippen LogP contribution in [-0.2, 0) is 22.4 Å². The number of hydrazone groups is 2. The van der Waals surface area contributed by atoms with Crippen molar-refractivity contribution >= 4 is 172 Å². The van der Waals surface area contributed by atoms with Crippen molar-refractivity contribution in [3.8, 4) is 0 Å². The molecule has 0 amide bonds. The molecule has 6 N–H and O–H groups in total. The molecule has 1 aromatic heterocycles. The number of aryl methyl sites for hydroxylation is 1. The van der Waals surface area contributed by atoms with Crippen molar-refractivity contribution in [3.63, 3.8) is 0 Å². The van der Waals surface area contributed by atoms with E-state index < -0.39 is 0 Å². The van der Waals surface area contributed by atoms with Crippen LogP contribution in [0.3, 0.4) is 0 Å². The molecule has 24 rings (SSSR count). The maximum atomic E-state index is 11.0. The molecule has 21 aromatic carbocycles. The van der Waals surface area contributed by atoms with Crippen LogP contribution in [0.25, 0.3) is 119 Å². The van der Waals surface area contributed by atoms with Gasteiger partial charge in [-0.05, 0) is 147 Å². The number of aromatic amines is 1. The van der Waals surface area contributed by atoms with Gasteiger partial charge in [-0.15, -0.1) is 0 Å². The maximum Gasteiger partial charge on any atom is 0.137 e. The standard InChI is InChI=1S/2C27H20N2.C24H15N.C14H9Br.C13H14N2.C10H10O.C4H8O.CH4.B.H2/c2*1-3-11-20(12-4-1)27(21-13-5-2-6-14-21)29-28-26-19-22-15-7-8-16-23(22)24-17-9-10-18-25(24)26;1-2-8-16-15(7-1)13-14-21-22(16)23-19-11-5-3-9-17(19)18-10-4-6-12-20(18)24(23)25-21;15-14-9-10-5-1-2-6-11(10)12-7-3-4-8-13(12)14;14-15-13(11-7-3-1-4-8-11)12-9-5-2-6-10-12;11-10-6-5-8-3-1-2-4-9(8)7-10;1-2-4-5-3-1;;;/h2*1-19,28H;1-14,25H;1-9H;1-10,13,15H,14H2;1-4H,5-7H2;1-4H2;1H4;;1H/i;;;;;;;;;1+1D. The molecular weight excluding hydrogens is 1660 g/mol. The van der Waals surface area contributed by atoms with Gasteiger partial charge in [-0.3, -0.25) is 21.5 Å². The zero-order valence-electron chi connectivity index (χ0n) is 74.1. The highest BCUT2D eigenvalue weighted by atomic mass is 79.9. The number of nitrogens with two attached hydrogens (primary N) is 1. The van der Waals surface area contributed by atoms with Crippen LogP contribution in [0.15, 0.2) is 470 Å². The van der Waals surface area contributed by atoms with E-state index in [1.165, 1.54) is 143 Å². The molecule has 639 valence electrons. The molecule has 0 unspecified atom stereocenters. The number of nitrogens with one attached hydrogen (secondary N) is 4. The number of ketones is 1. The Bertz CT molecular complexity index is 7380. The van der Waals surface area contributed by atoms with E-state index in [0.29, 0.717) is 12.2 Å². The summed E-state index contributed by atoms with van der Waals surface area (Å²) in [6.07, 6.45) is 4.88. The van der Waals surface area contributed by atoms with Gasteiger partial charge in [0.2, 0.25) is 0 Å². The van der Waals surface area contributed by atoms with Gasteiger partial charge in [0, 0.05) is 96.6 Å². The highest BCUT2D eigenvalue weighted by Gasteiger charge is 2.19. The summed E-state index contributed by atoms with van der Waals surface area (Å²) in [5.74, 6) is 5.97. The number of halogens is 1. The molecule has 2 heterocycles. The number of benzene rings is 21. The van der Waals surface area contributed by atoms with E-state index in [1.807, 2.05) is 127 Å². The summed E-state index contributed by atoms with van der Waals surface area (Å²) in [6, 6.07) is 158. The third-order valence-electron chi connectivity index (χ3n) is 23.8. The van der Waals surface area contributed by atoms with Gasteiger partial charge in [0.15, 0.2) is 0 Å². The fourth-order valence-electron chi connectivity index (χ4n) is 17.6. The Hall–Kier alpha value is -15.2. The molecular formula is C120H102BBrN7O2. The zero-order valence-corrected chi connectivity index (χ0v) is 73.7. The Labute approximate surface area is 778 Å². The molecule has 3 radical (unpaired) electrons. The molecule has 0 bridgehead atoms. The minimum Gasteiger partial charge on any atom is -0.381 e. The first kappa shape index (κ1) is 87.8. The first-order valence-electron chi connectivity index (χ1n) is 45.1. The summed E-state index contributed by atoms with van der Waals surface area (Å²) in [7, 11) is 0. The minimum absolute atomic E-state index is 0. The van der Waals surface area contributed by atoms with Crippen molar-refractivity contribution in [2.24, 2.45) is 16.0 Å². The third-order valence-corrected chi connectivity index (χ3v) is 24.5. The third kappa shape index (κ3) is 20.7. The summed E-state index contributed by atoms with van der Waals surface area (Å²) in [6.45, 7) is 2.00. The number of H-pyrrole nitrogens is 1. The summed E-state index contributed by atoms with van der Waals surface area (Å²) >= 11 is 3.62. The van der Waals surface area contributed by atoms with Crippen LogP contribution >= 0.6 is 15.9 Å². The number of carbonyl (C=O) groups is 1. The smallest absolute Gasteiger partial charge is 0.137 e. The van der Waals surface area contributed by atoms with Crippen LogP contribution in [0.5, 0.6) is 0 Å². The van der Waals surface area contributed by atoms with E-state index >= 15 is 0 Å². The van der Waals surface area contributed by atoms with E-state index in [1.54, 1.807) is 0 Å². The lowest BCUT2D eigenvalue weighted by Gasteiger charge is -2.16. The van der Waals surface area contributed by atoms with Gasteiger partial charge in [-0.1, -0.05) is 454 Å². The molecule has 2 aliphatic rings. The van der Waals surface area contributed by atoms with Crippen LogP contribution < -0.4 is 22.1 Å². The number of nitrogens with zero attached hydrogens (tertiary/aromatic N) is 2. The summed E-state index contributed by atoms with van der Waals surface area (Å²) in [4.78, 5) is 14.7. The number of rotatable bonds is 11. The summed E-state index contributed by atoms with van der Waals surface area (Å²) in [5.41, 5.74) is 25.1. The molecule has 131 heavy (non-hydrogen) atoms. The van der Waals surface area contributed by atoms with E-state index in [9.17, 15) is 4.79 Å². The number of hydrazine groups is 1. The van der Waals surface area contributed by atoms with Crippen LogP contribution in [0.2, 0.25) is 0 Å². The van der Waals surface area contributed by atoms with Gasteiger partial charge >= 0.3 is 0 Å². The van der Waals surface area contributed by atoms with Gasteiger partial charge in [0.1, 0.15) is 5.78 Å². The van der Waals surface area contributed by atoms with Gasteiger partial charge in [0.25, 0.3) is 0 Å². The number of fused-ring (bicyclic) bond motifs is 20. The molecule has 1 aliphatic heterocycles. The Morgan fingerprint density at radius 1 is 0.336 bits per heavy atom. The first-order valence-corrected chi connectivity index (χ1v) is 44.9. The highest BCUT2D eigenvalue weighted by molar-refractivity contribution is 9.10. The molecule has 1 fully saturated rings. The second-order valence-electron chi connectivity index (χ2n) is 32.0. The molecule has 1 saturated heterocycles. The Morgan fingerprint density at radius 2 is 0.664 bits per heavy atom. The second kappa shape index (κ2) is 43.5. The number of anilines is 2. The average Bonchev–Trinajstić information content (AvgIpc) is 1.57. The van der Waals surface area contributed by atoms with Crippen molar-refractivity contribution in [1.82, 2.24) is 10.4 Å². The lowest BCUT2D eigenvalue weighted by atomic mass is 9.91. The predicted molar refractivity (Wildman–Crippen MR) is 565 cm³/mol. The van der Waals surface area contributed by atoms with Gasteiger partial charge < -0.3 is 9.72 Å². The Morgan fingerprint density at radius 3 is 1.09 bits per heavy atom. The summed E-state index contributed by atoms with van der Waals surface area (Å²) in [5, 5.41) is 35.1. The topological polar surface area (TPSA) is 129 Å². The largest absolute Gasteiger partial charge is 0.381 e. The van der Waals surface area contributed by atoms with Crippen molar-refractivity contribution in [3.05, 3.63) is 504 Å². The first-order chi connectivity index (χ1) is 64.8. The van der Waals surface area contributed by atoms with Crippen LogP contribution in [0.1, 0.15) is 80.2 Å². The number of ether oxygens (including phenoxy) is 1. The van der Waals surface area contributed by atoms with Crippen molar-refractivity contribution < 1.29 is 12.5 Å². The van der Waals surface area contributed by atoms with Crippen LogP contribution in [0, 0.1) is 0 Å². The Balaban J connectivity index is 0.000000123. The molecule has 0 saturated carbocycles. The molecule has 0 atom stereocenters. The SMILES string of the molecule is Brc1cc2ccccc2c2ccccc12.C.C1CCOC1.NNC(c1ccccc1)c1ccccc1.O=C1CCc2ccccc2C1.[2H][2H].[B].c1ccc(C(=NNc2cc3ccccc3c3ccccc23)c2ccccc2)cc1.c1ccc(C(=NNc2cc3ccccc3c3ccccc23)c2ccccc2)cc1.c1ccc2c(c1)ccc1[nH]c3c4ccccc4c4ccccc4c3c12. The molecule has 9 nitrogen and oxygen atoms in total. The van der Waals surface area contributed by atoms with Crippen LogP contribution in [0.4, 0.5) is 11.4 Å². The van der Waals surface area contributed by atoms with E-state index in [4.69, 9.17) is 23.8 Å². The summed E-state index contributed by atoms with van der Waals surface area (Å²) < 4.78 is 16.1. The molecule has 1 aliphatic carbocycles. The highest BCUT2D eigenvalue weighted by Crippen LogP contribution is 2.43. The number of Topliss-reactive ketones (excluding diaryl/α,β-unsaturated/α-hetero) is 1. The van der Waals surface area contributed by atoms with E-state index in [0.717, 1.165) is 86.4 Å². The average molecular weight is 1770 g/mol. The van der Waals surface area contributed by atoms with Crippen molar-refractivity contribution in [2.45, 2.75) is 45.6 Å². The van der Waals surface area contributed by atoms with E-state index in [-0.39, 0.29) is 21.9 Å². The maximum absolute atomic E-state index is 11.0. The monoisotopic (exact) mass is 1760 g/mol. The van der Waals surface area contributed by atoms with E-state index in [2.05, 4.69) is 365 Å².